The van der Waals surface area contributed by atoms with Gasteiger partial charge >= 0.3 is 11.4 Å². The summed E-state index contributed by atoms with van der Waals surface area (Å²) in [6.07, 6.45) is 9.31. The molecule has 0 radical (unpaired) electrons. The number of rotatable bonds is 3. The Hall–Kier alpha value is -2.33. The number of phenols is 2. The number of halogens is 3. The van der Waals surface area contributed by atoms with E-state index in [1.54, 1.807) is 6.07 Å². The minimum Gasteiger partial charge on any atom is -0.508 e. The van der Waals surface area contributed by atoms with E-state index in [1.807, 2.05) is 0 Å². The number of hydrogen-bond acceptors (Lipinski definition) is 5. The van der Waals surface area contributed by atoms with Crippen LogP contribution in [0.2, 0.25) is 0 Å². The lowest BCUT2D eigenvalue weighted by atomic mass is 9.90. The maximum Gasteiger partial charge on any atom is 0.643 e. The zero-order chi connectivity index (χ0) is 26.6. The molecule has 196 valence electrons. The molecule has 0 saturated carbocycles. The summed E-state index contributed by atoms with van der Waals surface area (Å²) in [4.78, 5) is 14.4. The van der Waals surface area contributed by atoms with Crippen molar-refractivity contribution < 1.29 is 11.6 Å². The first kappa shape index (κ1) is 27.2. The predicted octanol–water partition coefficient (Wildman–Crippen LogP) is 7.98. The molecular formula is C29H29AlCl3N3O2. The van der Waals surface area contributed by atoms with Gasteiger partial charge in [0, 0.05) is 18.6 Å². The van der Waals surface area contributed by atoms with Crippen molar-refractivity contribution in [2.45, 2.75) is 51.4 Å². The highest BCUT2D eigenvalue weighted by Crippen LogP contribution is 2.34. The van der Waals surface area contributed by atoms with Crippen molar-refractivity contribution in [2.75, 3.05) is 0 Å². The van der Waals surface area contributed by atoms with Crippen LogP contribution >= 0.6 is 30.1 Å². The molecule has 2 aliphatic rings. The molecule has 0 atom stereocenters. The minimum atomic E-state index is -1.72. The molecule has 2 aliphatic carbocycles. The van der Waals surface area contributed by atoms with Gasteiger partial charge < -0.3 is 10.2 Å². The zero-order valence-electron chi connectivity index (χ0n) is 20.8. The summed E-state index contributed by atoms with van der Waals surface area (Å²) in [7, 11) is 14.8. The van der Waals surface area contributed by atoms with Gasteiger partial charge in [-0.15, -0.1) is 0 Å². The maximum atomic E-state index is 10.5. The Morgan fingerprint density at radius 1 is 0.579 bits per heavy atom. The molecule has 0 unspecified atom stereocenters. The number of hydrogen-bond donors (Lipinski definition) is 2. The van der Waals surface area contributed by atoms with Crippen molar-refractivity contribution in [2.24, 2.45) is 0 Å². The molecule has 2 N–H and O–H groups in total. The van der Waals surface area contributed by atoms with E-state index in [4.69, 9.17) is 45.1 Å². The Labute approximate surface area is 241 Å². The van der Waals surface area contributed by atoms with Crippen molar-refractivity contribution in [1.29, 1.82) is 0 Å². The average molecular weight is 586 g/mol. The Morgan fingerprint density at radius 2 is 1.03 bits per heavy atom. The van der Waals surface area contributed by atoms with Crippen molar-refractivity contribution in [3.63, 3.8) is 0 Å². The van der Waals surface area contributed by atoms with E-state index in [1.165, 1.54) is 60.1 Å². The van der Waals surface area contributed by atoms with E-state index in [0.717, 1.165) is 36.8 Å². The lowest BCUT2D eigenvalue weighted by molar-refractivity contribution is 0.451. The third kappa shape index (κ3) is 6.45. The van der Waals surface area contributed by atoms with Gasteiger partial charge in [-0.3, -0.25) is 0 Å². The highest BCUT2D eigenvalue weighted by Gasteiger charge is 2.18. The van der Waals surface area contributed by atoms with Gasteiger partial charge in [0.25, 0.3) is 0 Å². The third-order valence-corrected chi connectivity index (χ3v) is 7.07. The van der Waals surface area contributed by atoms with Crippen LogP contribution in [0.15, 0.2) is 54.6 Å². The largest absolute Gasteiger partial charge is 0.643 e. The molecule has 1 heterocycles. The van der Waals surface area contributed by atoms with Crippen LogP contribution in [0.25, 0.3) is 34.2 Å². The highest BCUT2D eigenvalue weighted by atomic mass is 35.8. The van der Waals surface area contributed by atoms with Crippen LogP contribution in [0.1, 0.15) is 49.4 Å². The van der Waals surface area contributed by atoms with E-state index in [2.05, 4.69) is 36.4 Å². The standard InChI is InChI=1S/C29H27N3O2.Al.3ClH.H2/c33-24-13-14-25(26(34)17-24)29-31-27(22-11-9-18-5-1-3-7-20(18)15-22)30-28(32-29)23-12-10-19-6-2-4-8-21(19)16-23;;;;;/h9-17,33-34H,1-8H2;;4*1H/q;+3;;;;/p-3/i;;;;;1+1. The number of nitrogens with zero attached hydrogens (tertiary/aromatic N) is 3. The molecule has 6 rings (SSSR count). The predicted molar refractivity (Wildman–Crippen MR) is 158 cm³/mol. The smallest absolute Gasteiger partial charge is 0.508 e. The van der Waals surface area contributed by atoms with E-state index in [-0.39, 0.29) is 12.9 Å². The van der Waals surface area contributed by atoms with E-state index >= 15 is 0 Å². The fourth-order valence-corrected chi connectivity index (χ4v) is 5.21. The normalized spacial score (nSPS) is 14.1. The zero-order valence-corrected chi connectivity index (χ0v) is 24.2. The molecule has 1 aromatic heterocycles. The molecule has 0 amide bonds. The first-order valence-corrected chi connectivity index (χ1v) is 18.1. The van der Waals surface area contributed by atoms with Crippen molar-refractivity contribution in [3.05, 3.63) is 76.9 Å². The Bertz CT molecular complexity index is 1390. The first-order valence-electron chi connectivity index (χ1n) is 12.8. The summed E-state index contributed by atoms with van der Waals surface area (Å²) in [5, 5.41) is 20.3. The van der Waals surface area contributed by atoms with Crippen molar-refractivity contribution in [3.8, 4) is 45.7 Å². The quantitative estimate of drug-likeness (QED) is 0.238. The fraction of sp³-hybridized carbons (Fsp3) is 0.276. The molecule has 5 nitrogen and oxygen atoms in total. The van der Waals surface area contributed by atoms with Crippen molar-refractivity contribution in [1.82, 2.24) is 15.0 Å². The number of aromatic nitrogens is 3. The summed E-state index contributed by atoms with van der Waals surface area (Å²) in [5.74, 6) is 1.53. The molecule has 0 aliphatic heterocycles. The lowest BCUT2D eigenvalue weighted by Gasteiger charge is -2.17. The van der Waals surface area contributed by atoms with Gasteiger partial charge in [-0.2, -0.15) is 0 Å². The minimum absolute atomic E-state index is 0. The monoisotopic (exact) mass is 584 g/mol. The molecule has 0 saturated heterocycles. The molecule has 4 aromatic rings. The molecule has 0 spiro atoms. The number of phenolic OH excluding ortho intramolecular Hbond substituents is 2. The van der Waals surface area contributed by atoms with E-state index < -0.39 is 11.4 Å². The SMILES string of the molecule is Oc1ccc(-c2nc(-c3ccc4c(c3)CCCC4)nc(-c3ccc4c(c3)CCCC4)n2)c(O)c1.[2HH].[Cl][Al]([Cl])[Cl]. The van der Waals surface area contributed by atoms with Crippen LogP contribution in [0.5, 0.6) is 11.5 Å². The third-order valence-electron chi connectivity index (χ3n) is 7.07. The van der Waals surface area contributed by atoms with Gasteiger partial charge in [0.15, 0.2) is 17.5 Å². The fourth-order valence-electron chi connectivity index (χ4n) is 5.21. The Kier molecular flexibility index (Phi) is 8.78. The van der Waals surface area contributed by atoms with Crippen LogP contribution in [0.3, 0.4) is 0 Å². The summed E-state index contributed by atoms with van der Waals surface area (Å²) >= 11 is -1.72. The second kappa shape index (κ2) is 12.2. The van der Waals surface area contributed by atoms with E-state index in [9.17, 15) is 10.2 Å². The van der Waals surface area contributed by atoms with Gasteiger partial charge in [-0.25, -0.2) is 45.1 Å². The van der Waals surface area contributed by atoms with Crippen LogP contribution < -0.4 is 0 Å². The average Bonchev–Trinajstić information content (AvgIpc) is 2.92. The van der Waals surface area contributed by atoms with Crippen LogP contribution in [-0.2, 0) is 25.7 Å². The Balaban J connectivity index is 0.000000662. The lowest BCUT2D eigenvalue weighted by Crippen LogP contribution is -2.05. The second-order valence-corrected chi connectivity index (χ2v) is 16.1. The first-order chi connectivity index (χ1) is 18.4. The summed E-state index contributed by atoms with van der Waals surface area (Å²) < 4.78 is 0. The van der Waals surface area contributed by atoms with Crippen LogP contribution in [-0.4, -0.2) is 36.5 Å². The molecular weight excluding hydrogens is 556 g/mol. The van der Waals surface area contributed by atoms with E-state index in [0.29, 0.717) is 23.0 Å². The topological polar surface area (TPSA) is 79.1 Å². The summed E-state index contributed by atoms with van der Waals surface area (Å²) in [6.45, 7) is 0. The molecule has 0 bridgehead atoms. The number of benzene rings is 3. The second-order valence-electron chi connectivity index (χ2n) is 9.64. The maximum absolute atomic E-state index is 10.5. The highest BCUT2D eigenvalue weighted by molar-refractivity contribution is 7.54. The summed E-state index contributed by atoms with van der Waals surface area (Å²) in [6, 6.07) is 17.5. The van der Waals surface area contributed by atoms with Gasteiger partial charge in [-0.05, 0) is 97.9 Å². The molecule has 38 heavy (non-hydrogen) atoms. The van der Waals surface area contributed by atoms with Gasteiger partial charge in [0.1, 0.15) is 11.5 Å². The van der Waals surface area contributed by atoms with Gasteiger partial charge in [0.2, 0.25) is 0 Å². The van der Waals surface area contributed by atoms with Crippen LogP contribution in [0.4, 0.5) is 0 Å². The van der Waals surface area contributed by atoms with Crippen LogP contribution in [0, 0.1) is 0 Å². The number of aromatic hydroxyl groups is 2. The van der Waals surface area contributed by atoms with Gasteiger partial charge in [-0.1, -0.05) is 24.3 Å². The van der Waals surface area contributed by atoms with Gasteiger partial charge in [0.05, 0.1) is 5.56 Å². The summed E-state index contributed by atoms with van der Waals surface area (Å²) in [5.41, 5.74) is 7.95. The molecule has 0 fully saturated rings. The molecule has 3 aromatic carbocycles. The van der Waals surface area contributed by atoms with Crippen molar-refractivity contribution >= 4 is 41.5 Å². The molecule has 9 heteroatoms. The Morgan fingerprint density at radius 3 is 1.50 bits per heavy atom. The number of fused-ring (bicyclic) bond motifs is 2. The number of aryl methyl sites for hydroxylation is 4.